The molecule has 2 amide bonds. The van der Waals surface area contributed by atoms with Crippen molar-refractivity contribution in [1.82, 2.24) is 5.32 Å². The molecule has 0 saturated heterocycles. The predicted molar refractivity (Wildman–Crippen MR) is 128 cm³/mol. The molecular formula is C25H27N3O3S. The molecule has 0 fully saturated rings. The highest BCUT2D eigenvalue weighted by Crippen LogP contribution is 2.45. The second kappa shape index (κ2) is 8.07. The van der Waals surface area contributed by atoms with Gasteiger partial charge in [-0.2, -0.15) is 0 Å². The number of fused-ring (bicyclic) bond motifs is 1. The Balaban J connectivity index is 1.64. The van der Waals surface area contributed by atoms with Crippen LogP contribution in [-0.2, 0) is 12.0 Å². The summed E-state index contributed by atoms with van der Waals surface area (Å²) >= 11 is 1.40. The lowest BCUT2D eigenvalue weighted by Gasteiger charge is -2.42. The lowest BCUT2D eigenvalue weighted by atomic mass is 9.81. The van der Waals surface area contributed by atoms with Crippen molar-refractivity contribution in [3.8, 4) is 11.5 Å². The van der Waals surface area contributed by atoms with Gasteiger partial charge in [-0.15, -0.1) is 11.3 Å². The van der Waals surface area contributed by atoms with Crippen LogP contribution in [-0.4, -0.2) is 17.4 Å². The summed E-state index contributed by atoms with van der Waals surface area (Å²) in [6.45, 7) is 8.33. The maximum atomic E-state index is 13.1. The van der Waals surface area contributed by atoms with Crippen LogP contribution in [0, 0.1) is 0 Å². The van der Waals surface area contributed by atoms with Crippen molar-refractivity contribution in [3.63, 3.8) is 0 Å². The fourth-order valence-corrected chi connectivity index (χ4v) is 5.65. The van der Waals surface area contributed by atoms with Gasteiger partial charge in [-0.1, -0.05) is 24.3 Å². The second-order valence-corrected chi connectivity index (χ2v) is 10.2. The van der Waals surface area contributed by atoms with Gasteiger partial charge in [-0.25, -0.2) is 0 Å². The fourth-order valence-electron chi connectivity index (χ4n) is 4.38. The van der Waals surface area contributed by atoms with Crippen molar-refractivity contribution < 1.29 is 14.3 Å². The number of carbonyl (C=O) groups is 2. The van der Waals surface area contributed by atoms with Gasteiger partial charge in [-0.3, -0.25) is 9.59 Å². The Labute approximate surface area is 191 Å². The topological polar surface area (TPSA) is 93.4 Å². The molecule has 7 heteroatoms. The number of hydrogen-bond donors (Lipinski definition) is 3. The molecule has 0 bridgehead atoms. The summed E-state index contributed by atoms with van der Waals surface area (Å²) in [5.41, 5.74) is 6.95. The first-order chi connectivity index (χ1) is 15.1. The second-order valence-electron chi connectivity index (χ2n) is 9.19. The zero-order valence-electron chi connectivity index (χ0n) is 18.6. The number of thiophene rings is 1. The van der Waals surface area contributed by atoms with Crippen LogP contribution in [0.5, 0.6) is 11.5 Å². The highest BCUT2D eigenvalue weighted by molar-refractivity contribution is 7.17. The van der Waals surface area contributed by atoms with Crippen LogP contribution >= 0.6 is 11.3 Å². The van der Waals surface area contributed by atoms with E-state index in [1.165, 1.54) is 11.3 Å². The molecule has 1 aliphatic rings. The standard InChI is InChI=1S/C25H27N3O3S/c1-24(2)14-18-19(21(26)29)23(32-20(18)25(3,4)28-24)27-22(30)15-9-8-12-17(13-15)31-16-10-6-5-7-11-16/h5-13,28H,14H2,1-4H3,(H2,26,29)(H,27,30). The molecule has 0 spiro atoms. The van der Waals surface area contributed by atoms with Gasteiger partial charge in [0.15, 0.2) is 0 Å². The van der Waals surface area contributed by atoms with E-state index in [2.05, 4.69) is 38.3 Å². The van der Waals surface area contributed by atoms with E-state index in [1.807, 2.05) is 30.3 Å². The normalized spacial score (nSPS) is 16.1. The highest BCUT2D eigenvalue weighted by Gasteiger charge is 2.41. The van der Waals surface area contributed by atoms with Crippen molar-refractivity contribution in [2.45, 2.75) is 45.2 Å². The molecule has 32 heavy (non-hydrogen) atoms. The number of rotatable bonds is 5. The fraction of sp³-hybridized carbons (Fsp3) is 0.280. The van der Waals surface area contributed by atoms with Crippen molar-refractivity contribution in [1.29, 1.82) is 0 Å². The number of carbonyl (C=O) groups excluding carboxylic acids is 2. The van der Waals surface area contributed by atoms with Gasteiger partial charge in [-0.05, 0) is 70.0 Å². The zero-order valence-corrected chi connectivity index (χ0v) is 19.4. The molecule has 2 aromatic carbocycles. The molecule has 2 heterocycles. The molecular weight excluding hydrogens is 422 g/mol. The summed E-state index contributed by atoms with van der Waals surface area (Å²) in [7, 11) is 0. The molecule has 0 radical (unpaired) electrons. The average Bonchev–Trinajstić information content (AvgIpc) is 3.06. The SMILES string of the molecule is CC1(C)Cc2c(sc(NC(=O)c3cccc(Oc4ccccc4)c3)c2C(N)=O)C(C)(C)N1. The van der Waals surface area contributed by atoms with Crippen molar-refractivity contribution in [2.75, 3.05) is 5.32 Å². The Kier molecular flexibility index (Phi) is 5.56. The highest BCUT2D eigenvalue weighted by atomic mass is 32.1. The van der Waals surface area contributed by atoms with E-state index in [4.69, 9.17) is 10.5 Å². The Morgan fingerprint density at radius 2 is 1.72 bits per heavy atom. The van der Waals surface area contributed by atoms with E-state index in [-0.39, 0.29) is 17.0 Å². The zero-order chi connectivity index (χ0) is 23.1. The maximum Gasteiger partial charge on any atom is 0.256 e. The van der Waals surface area contributed by atoms with E-state index >= 15 is 0 Å². The number of ether oxygens (including phenoxy) is 1. The molecule has 3 aromatic rings. The average molecular weight is 450 g/mol. The minimum Gasteiger partial charge on any atom is -0.457 e. The molecule has 0 aliphatic carbocycles. The van der Waals surface area contributed by atoms with Gasteiger partial charge in [0.2, 0.25) is 0 Å². The number of hydrogen-bond acceptors (Lipinski definition) is 5. The summed E-state index contributed by atoms with van der Waals surface area (Å²) in [4.78, 5) is 26.5. The molecule has 0 saturated carbocycles. The Morgan fingerprint density at radius 1 is 1.03 bits per heavy atom. The van der Waals surface area contributed by atoms with Crippen LogP contribution in [0.3, 0.4) is 0 Å². The number of amides is 2. The van der Waals surface area contributed by atoms with Crippen molar-refractivity contribution >= 4 is 28.2 Å². The molecule has 0 atom stereocenters. The summed E-state index contributed by atoms with van der Waals surface area (Å²) < 4.78 is 5.84. The van der Waals surface area contributed by atoms with E-state index in [9.17, 15) is 9.59 Å². The number of nitrogens with one attached hydrogen (secondary N) is 2. The quantitative estimate of drug-likeness (QED) is 0.508. The van der Waals surface area contributed by atoms with Crippen molar-refractivity contribution in [3.05, 3.63) is 76.2 Å². The van der Waals surface area contributed by atoms with Gasteiger partial charge in [0, 0.05) is 21.5 Å². The summed E-state index contributed by atoms with van der Waals surface area (Å²) in [6.07, 6.45) is 0.650. The van der Waals surface area contributed by atoms with Gasteiger partial charge in [0.25, 0.3) is 11.8 Å². The van der Waals surface area contributed by atoms with Crippen LogP contribution in [0.1, 0.15) is 58.9 Å². The third kappa shape index (κ3) is 4.40. The lowest BCUT2D eigenvalue weighted by molar-refractivity contribution is 0.0999. The number of anilines is 1. The smallest absolute Gasteiger partial charge is 0.256 e. The maximum absolute atomic E-state index is 13.1. The molecule has 4 N–H and O–H groups in total. The molecule has 166 valence electrons. The van der Waals surface area contributed by atoms with E-state index < -0.39 is 5.91 Å². The summed E-state index contributed by atoms with van der Waals surface area (Å²) in [5.74, 6) is 0.378. The first kappa shape index (κ1) is 22.0. The first-order valence-electron chi connectivity index (χ1n) is 10.5. The minimum absolute atomic E-state index is 0.202. The number of benzene rings is 2. The van der Waals surface area contributed by atoms with Crippen molar-refractivity contribution in [2.24, 2.45) is 5.73 Å². The minimum atomic E-state index is -0.535. The third-order valence-corrected chi connectivity index (χ3v) is 6.86. The number of primary amides is 1. The van der Waals surface area contributed by atoms with Crippen LogP contribution in [0.4, 0.5) is 5.00 Å². The first-order valence-corrected chi connectivity index (χ1v) is 11.3. The van der Waals surface area contributed by atoms with E-state index in [0.29, 0.717) is 34.0 Å². The van der Waals surface area contributed by atoms with Crippen LogP contribution in [0.25, 0.3) is 0 Å². The van der Waals surface area contributed by atoms with E-state index in [0.717, 1.165) is 10.4 Å². The summed E-state index contributed by atoms with van der Waals surface area (Å²) in [6, 6.07) is 16.3. The molecule has 0 unspecified atom stereocenters. The molecule has 4 rings (SSSR count). The summed E-state index contributed by atoms with van der Waals surface area (Å²) in [5, 5.41) is 7.01. The lowest BCUT2D eigenvalue weighted by Crippen LogP contribution is -2.55. The Morgan fingerprint density at radius 3 is 2.41 bits per heavy atom. The monoisotopic (exact) mass is 449 g/mol. The van der Waals surface area contributed by atoms with Gasteiger partial charge < -0.3 is 21.1 Å². The Bertz CT molecular complexity index is 1180. The largest absolute Gasteiger partial charge is 0.457 e. The molecule has 6 nitrogen and oxygen atoms in total. The van der Waals surface area contributed by atoms with Crippen LogP contribution < -0.4 is 21.1 Å². The molecule has 1 aliphatic heterocycles. The predicted octanol–water partition coefficient (Wildman–Crippen LogP) is 5.05. The van der Waals surface area contributed by atoms with Crippen LogP contribution in [0.2, 0.25) is 0 Å². The van der Waals surface area contributed by atoms with Gasteiger partial charge in [0.05, 0.1) is 5.56 Å². The van der Waals surface area contributed by atoms with Crippen LogP contribution in [0.15, 0.2) is 54.6 Å². The number of nitrogens with two attached hydrogens (primary N) is 1. The number of para-hydroxylation sites is 1. The van der Waals surface area contributed by atoms with Gasteiger partial charge >= 0.3 is 0 Å². The van der Waals surface area contributed by atoms with E-state index in [1.54, 1.807) is 24.3 Å². The Hall–Kier alpha value is -3.16. The third-order valence-electron chi connectivity index (χ3n) is 5.39. The molecule has 1 aromatic heterocycles. The van der Waals surface area contributed by atoms with Gasteiger partial charge in [0.1, 0.15) is 16.5 Å².